The van der Waals surface area contributed by atoms with Crippen molar-refractivity contribution in [2.45, 2.75) is 65.0 Å². The molecule has 1 aliphatic carbocycles. The van der Waals surface area contributed by atoms with Crippen LogP contribution in [0.1, 0.15) is 50.9 Å². The molecule has 1 aliphatic rings. The van der Waals surface area contributed by atoms with Gasteiger partial charge in [-0.3, -0.25) is 4.68 Å². The Labute approximate surface area is 118 Å². The van der Waals surface area contributed by atoms with Crippen LogP contribution in [0.25, 0.3) is 0 Å². The number of hydrogen-bond donors (Lipinski definition) is 1. The third kappa shape index (κ3) is 2.50. The Morgan fingerprint density at radius 2 is 2.22 bits per heavy atom. The summed E-state index contributed by atoms with van der Waals surface area (Å²) < 4.78 is 3.24. The van der Waals surface area contributed by atoms with Crippen LogP contribution in [-0.2, 0) is 13.0 Å². The smallest absolute Gasteiger partial charge is 0.0738 e. The van der Waals surface area contributed by atoms with Crippen molar-refractivity contribution in [3.8, 4) is 0 Å². The molecule has 0 radical (unpaired) electrons. The zero-order valence-corrected chi connectivity index (χ0v) is 13.3. The molecule has 102 valence electrons. The topological polar surface area (TPSA) is 43.8 Å². The maximum Gasteiger partial charge on any atom is 0.0738 e. The zero-order chi connectivity index (χ0) is 13.3. The Bertz CT molecular complexity index is 427. The summed E-state index contributed by atoms with van der Waals surface area (Å²) in [5.41, 5.74) is 8.96. The molecule has 0 aromatic carbocycles. The Balaban J connectivity index is 2.27. The van der Waals surface area contributed by atoms with Crippen molar-refractivity contribution in [1.29, 1.82) is 0 Å². The number of nitrogens with two attached hydrogens (primary N) is 1. The third-order valence-corrected chi connectivity index (χ3v) is 5.49. The van der Waals surface area contributed by atoms with Crippen LogP contribution < -0.4 is 5.73 Å². The van der Waals surface area contributed by atoms with E-state index in [0.717, 1.165) is 29.6 Å². The lowest BCUT2D eigenvalue weighted by molar-refractivity contribution is 0.200. The molecular formula is C14H24BrN3. The van der Waals surface area contributed by atoms with Crippen LogP contribution in [0.5, 0.6) is 0 Å². The van der Waals surface area contributed by atoms with Gasteiger partial charge in [0.05, 0.1) is 15.9 Å². The lowest BCUT2D eigenvalue weighted by Crippen LogP contribution is -2.50. The first-order chi connectivity index (χ1) is 8.48. The summed E-state index contributed by atoms with van der Waals surface area (Å²) in [6.45, 7) is 7.39. The van der Waals surface area contributed by atoms with E-state index in [-0.39, 0.29) is 5.54 Å². The van der Waals surface area contributed by atoms with Gasteiger partial charge in [0.1, 0.15) is 0 Å². The van der Waals surface area contributed by atoms with Crippen molar-refractivity contribution in [2.24, 2.45) is 11.7 Å². The van der Waals surface area contributed by atoms with Gasteiger partial charge in [0.25, 0.3) is 0 Å². The van der Waals surface area contributed by atoms with E-state index < -0.39 is 0 Å². The lowest BCUT2D eigenvalue weighted by atomic mass is 9.72. The van der Waals surface area contributed by atoms with E-state index in [9.17, 15) is 0 Å². The van der Waals surface area contributed by atoms with Gasteiger partial charge in [0.2, 0.25) is 0 Å². The minimum absolute atomic E-state index is 0.0554. The van der Waals surface area contributed by atoms with Crippen LogP contribution in [0.2, 0.25) is 0 Å². The minimum atomic E-state index is -0.0554. The molecule has 2 atom stereocenters. The van der Waals surface area contributed by atoms with Gasteiger partial charge in [-0.25, -0.2) is 0 Å². The second-order valence-corrected chi connectivity index (χ2v) is 6.51. The van der Waals surface area contributed by atoms with Crippen molar-refractivity contribution in [3.05, 3.63) is 15.9 Å². The highest BCUT2D eigenvalue weighted by Gasteiger charge is 2.36. The molecule has 1 heterocycles. The Hall–Kier alpha value is -0.350. The fourth-order valence-electron chi connectivity index (χ4n) is 3.05. The molecule has 0 bridgehead atoms. The average molecular weight is 314 g/mol. The molecule has 2 rings (SSSR count). The summed E-state index contributed by atoms with van der Waals surface area (Å²) in [5, 5.41) is 4.56. The number of aromatic nitrogens is 2. The summed E-state index contributed by atoms with van der Waals surface area (Å²) in [4.78, 5) is 0. The van der Waals surface area contributed by atoms with E-state index >= 15 is 0 Å². The van der Waals surface area contributed by atoms with Gasteiger partial charge in [-0.15, -0.1) is 0 Å². The first-order valence-electron chi connectivity index (χ1n) is 6.98. The zero-order valence-electron chi connectivity index (χ0n) is 11.7. The summed E-state index contributed by atoms with van der Waals surface area (Å²) in [6.07, 6.45) is 5.91. The van der Waals surface area contributed by atoms with Crippen LogP contribution in [0.4, 0.5) is 0 Å². The van der Waals surface area contributed by atoms with E-state index in [1.807, 2.05) is 6.92 Å². The van der Waals surface area contributed by atoms with Crippen LogP contribution in [0, 0.1) is 12.8 Å². The van der Waals surface area contributed by atoms with Crippen LogP contribution in [-0.4, -0.2) is 15.3 Å². The maximum absolute atomic E-state index is 6.67. The summed E-state index contributed by atoms with van der Waals surface area (Å²) in [5.74, 6) is 0.596. The van der Waals surface area contributed by atoms with E-state index in [1.54, 1.807) is 0 Å². The molecule has 1 saturated carbocycles. The van der Waals surface area contributed by atoms with Crippen LogP contribution >= 0.6 is 15.9 Å². The Kier molecular flexibility index (Phi) is 4.17. The molecule has 0 spiro atoms. The summed E-state index contributed by atoms with van der Waals surface area (Å²) in [7, 11) is 0. The Morgan fingerprint density at radius 3 is 2.83 bits per heavy atom. The van der Waals surface area contributed by atoms with Crippen molar-refractivity contribution in [3.63, 3.8) is 0 Å². The molecule has 3 nitrogen and oxygen atoms in total. The highest BCUT2D eigenvalue weighted by atomic mass is 79.9. The highest BCUT2D eigenvalue weighted by Crippen LogP contribution is 2.36. The fraction of sp³-hybridized carbons (Fsp3) is 0.786. The normalized spacial score (nSPS) is 28.6. The fourth-order valence-corrected chi connectivity index (χ4v) is 3.47. The molecule has 1 aromatic rings. The lowest BCUT2D eigenvalue weighted by Gasteiger charge is -2.39. The van der Waals surface area contributed by atoms with Crippen molar-refractivity contribution >= 4 is 15.9 Å². The molecular weight excluding hydrogens is 290 g/mol. The molecule has 18 heavy (non-hydrogen) atoms. The van der Waals surface area contributed by atoms with E-state index in [4.69, 9.17) is 5.73 Å². The largest absolute Gasteiger partial charge is 0.325 e. The van der Waals surface area contributed by atoms with Crippen LogP contribution in [0.15, 0.2) is 4.47 Å². The van der Waals surface area contributed by atoms with Gasteiger partial charge >= 0.3 is 0 Å². The van der Waals surface area contributed by atoms with Gasteiger partial charge in [-0.2, -0.15) is 5.10 Å². The number of hydrogen-bond acceptors (Lipinski definition) is 2. The number of halogens is 1. The molecule has 2 unspecified atom stereocenters. The van der Waals surface area contributed by atoms with Gasteiger partial charge in [-0.1, -0.05) is 19.8 Å². The molecule has 2 N–H and O–H groups in total. The number of rotatable bonds is 3. The van der Waals surface area contributed by atoms with Crippen molar-refractivity contribution < 1.29 is 0 Å². The maximum atomic E-state index is 6.67. The second-order valence-electron chi connectivity index (χ2n) is 5.72. The van der Waals surface area contributed by atoms with Gasteiger partial charge in [0.15, 0.2) is 0 Å². The standard InChI is InChI=1S/C14H24BrN3/c1-4-18-12(13(15)11(3)17-18)9-14(16)8-6-5-7-10(14)2/h10H,4-9,16H2,1-3H3. The van der Waals surface area contributed by atoms with E-state index in [2.05, 4.69) is 39.6 Å². The third-order valence-electron chi connectivity index (χ3n) is 4.46. The quantitative estimate of drug-likeness (QED) is 0.929. The molecule has 0 amide bonds. The molecule has 1 aromatic heterocycles. The van der Waals surface area contributed by atoms with Crippen molar-refractivity contribution in [1.82, 2.24) is 9.78 Å². The van der Waals surface area contributed by atoms with Crippen molar-refractivity contribution in [2.75, 3.05) is 0 Å². The molecule has 0 saturated heterocycles. The monoisotopic (exact) mass is 313 g/mol. The second kappa shape index (κ2) is 5.33. The number of nitrogens with zero attached hydrogens (tertiary/aromatic N) is 2. The first-order valence-corrected chi connectivity index (χ1v) is 7.78. The van der Waals surface area contributed by atoms with Gasteiger partial charge < -0.3 is 5.73 Å². The summed E-state index contributed by atoms with van der Waals surface area (Å²) >= 11 is 3.67. The summed E-state index contributed by atoms with van der Waals surface area (Å²) in [6, 6.07) is 0. The predicted molar refractivity (Wildman–Crippen MR) is 78.6 cm³/mol. The van der Waals surface area contributed by atoms with E-state index in [1.165, 1.54) is 25.0 Å². The number of aryl methyl sites for hydroxylation is 2. The van der Waals surface area contributed by atoms with Gasteiger partial charge in [0, 0.05) is 18.5 Å². The molecule has 1 fully saturated rings. The first kappa shape index (κ1) is 14.1. The highest BCUT2D eigenvalue weighted by molar-refractivity contribution is 9.10. The minimum Gasteiger partial charge on any atom is -0.325 e. The average Bonchev–Trinajstić information content (AvgIpc) is 2.61. The SMILES string of the molecule is CCn1nc(C)c(Br)c1CC1(N)CCCCC1C. The predicted octanol–water partition coefficient (Wildman–Crippen LogP) is 3.42. The molecule has 0 aliphatic heterocycles. The van der Waals surface area contributed by atoms with E-state index in [0.29, 0.717) is 5.92 Å². The van der Waals surface area contributed by atoms with Crippen LogP contribution in [0.3, 0.4) is 0 Å². The molecule has 4 heteroatoms. The Morgan fingerprint density at radius 1 is 1.50 bits per heavy atom. The van der Waals surface area contributed by atoms with Gasteiger partial charge in [-0.05, 0) is 48.5 Å².